The molecule has 15 heavy (non-hydrogen) atoms. The first kappa shape index (κ1) is 11.8. The SMILES string of the molecule is CCOC(=O)N1C[C@@H](O)CC[C@H]1C(=O)O. The standard InChI is InChI=1S/C9H15NO5/c1-2-15-9(14)10-5-6(11)3-4-7(10)8(12)13/h6-7,11H,2-5H2,1H3,(H,12,13)/t6-,7-/m0/s1. The number of aliphatic carboxylic acids is 1. The number of amides is 1. The Balaban J connectivity index is 2.69. The molecule has 2 atom stereocenters. The zero-order valence-electron chi connectivity index (χ0n) is 8.55. The molecule has 2 N–H and O–H groups in total. The predicted molar refractivity (Wildman–Crippen MR) is 50.4 cm³/mol. The Kier molecular flexibility index (Phi) is 3.90. The number of aliphatic hydroxyl groups is 1. The first-order chi connectivity index (χ1) is 7.06. The highest BCUT2D eigenvalue weighted by molar-refractivity contribution is 5.80. The molecule has 0 bridgehead atoms. The van der Waals surface area contributed by atoms with E-state index in [2.05, 4.69) is 0 Å². The van der Waals surface area contributed by atoms with Crippen LogP contribution in [0.15, 0.2) is 0 Å². The molecule has 1 aliphatic rings. The summed E-state index contributed by atoms with van der Waals surface area (Å²) < 4.78 is 4.72. The van der Waals surface area contributed by atoms with Gasteiger partial charge in [-0.05, 0) is 19.8 Å². The average molecular weight is 217 g/mol. The molecule has 1 rings (SSSR count). The number of carboxylic acid groups (broad SMARTS) is 1. The number of likely N-dealkylation sites (tertiary alicyclic amines) is 1. The van der Waals surface area contributed by atoms with Gasteiger partial charge in [0.2, 0.25) is 0 Å². The van der Waals surface area contributed by atoms with E-state index in [4.69, 9.17) is 9.84 Å². The van der Waals surface area contributed by atoms with Crippen molar-refractivity contribution in [3.63, 3.8) is 0 Å². The van der Waals surface area contributed by atoms with Gasteiger partial charge in [-0.1, -0.05) is 0 Å². The highest BCUT2D eigenvalue weighted by Crippen LogP contribution is 2.18. The smallest absolute Gasteiger partial charge is 0.410 e. The first-order valence-corrected chi connectivity index (χ1v) is 4.90. The molecule has 1 amide bonds. The summed E-state index contributed by atoms with van der Waals surface area (Å²) >= 11 is 0. The van der Waals surface area contributed by atoms with Gasteiger partial charge in [0.1, 0.15) is 6.04 Å². The third-order valence-corrected chi connectivity index (χ3v) is 2.34. The van der Waals surface area contributed by atoms with Gasteiger partial charge in [0, 0.05) is 0 Å². The van der Waals surface area contributed by atoms with Crippen molar-refractivity contribution >= 4 is 12.1 Å². The van der Waals surface area contributed by atoms with E-state index in [0.717, 1.165) is 4.90 Å². The topological polar surface area (TPSA) is 87.1 Å². The van der Waals surface area contributed by atoms with E-state index in [1.165, 1.54) is 0 Å². The molecule has 1 saturated heterocycles. The maximum atomic E-state index is 11.4. The Morgan fingerprint density at radius 2 is 2.13 bits per heavy atom. The van der Waals surface area contributed by atoms with E-state index >= 15 is 0 Å². The lowest BCUT2D eigenvalue weighted by Crippen LogP contribution is -2.52. The van der Waals surface area contributed by atoms with Crippen LogP contribution in [0.4, 0.5) is 4.79 Å². The minimum Gasteiger partial charge on any atom is -0.480 e. The van der Waals surface area contributed by atoms with Gasteiger partial charge in [-0.15, -0.1) is 0 Å². The number of ether oxygens (including phenoxy) is 1. The monoisotopic (exact) mass is 217 g/mol. The molecular weight excluding hydrogens is 202 g/mol. The fourth-order valence-electron chi connectivity index (χ4n) is 1.62. The first-order valence-electron chi connectivity index (χ1n) is 4.90. The quantitative estimate of drug-likeness (QED) is 0.682. The average Bonchev–Trinajstić information content (AvgIpc) is 2.17. The number of hydrogen-bond donors (Lipinski definition) is 2. The summed E-state index contributed by atoms with van der Waals surface area (Å²) in [5, 5.41) is 18.2. The fourth-order valence-corrected chi connectivity index (χ4v) is 1.62. The molecule has 1 aliphatic heterocycles. The van der Waals surface area contributed by atoms with Crippen molar-refractivity contribution in [3.8, 4) is 0 Å². The lowest BCUT2D eigenvalue weighted by Gasteiger charge is -2.34. The molecule has 6 heteroatoms. The molecule has 86 valence electrons. The van der Waals surface area contributed by atoms with Gasteiger partial charge in [-0.3, -0.25) is 4.90 Å². The van der Waals surface area contributed by atoms with Gasteiger partial charge in [0.15, 0.2) is 0 Å². The van der Waals surface area contributed by atoms with Crippen molar-refractivity contribution < 1.29 is 24.5 Å². The summed E-state index contributed by atoms with van der Waals surface area (Å²) in [6.45, 7) is 1.86. The lowest BCUT2D eigenvalue weighted by atomic mass is 10.0. The van der Waals surface area contributed by atoms with Crippen LogP contribution in [0.5, 0.6) is 0 Å². The molecule has 6 nitrogen and oxygen atoms in total. The van der Waals surface area contributed by atoms with E-state index < -0.39 is 24.2 Å². The van der Waals surface area contributed by atoms with Gasteiger partial charge in [-0.2, -0.15) is 0 Å². The van der Waals surface area contributed by atoms with Crippen LogP contribution in [0, 0.1) is 0 Å². The number of hydrogen-bond acceptors (Lipinski definition) is 4. The van der Waals surface area contributed by atoms with Gasteiger partial charge in [0.05, 0.1) is 19.3 Å². The zero-order chi connectivity index (χ0) is 11.4. The number of β-amino-alcohol motifs (C(OH)–C–C–N with tert-alkyl or cyclic N) is 1. The summed E-state index contributed by atoms with van der Waals surface area (Å²) in [5.41, 5.74) is 0. The van der Waals surface area contributed by atoms with Crippen molar-refractivity contribution in [2.24, 2.45) is 0 Å². The van der Waals surface area contributed by atoms with Gasteiger partial charge < -0.3 is 14.9 Å². The molecule has 0 aliphatic carbocycles. The van der Waals surface area contributed by atoms with Crippen LogP contribution in [0.2, 0.25) is 0 Å². The van der Waals surface area contributed by atoms with Gasteiger partial charge in [-0.25, -0.2) is 9.59 Å². The van der Waals surface area contributed by atoms with Crippen LogP contribution in [0.3, 0.4) is 0 Å². The van der Waals surface area contributed by atoms with Crippen molar-refractivity contribution in [2.45, 2.75) is 31.9 Å². The summed E-state index contributed by atoms with van der Waals surface area (Å²) in [7, 11) is 0. The normalized spacial score (nSPS) is 26.1. The Hall–Kier alpha value is -1.30. The molecule has 0 saturated carbocycles. The Morgan fingerprint density at radius 1 is 1.47 bits per heavy atom. The molecular formula is C9H15NO5. The largest absolute Gasteiger partial charge is 0.480 e. The predicted octanol–water partition coefficient (Wildman–Crippen LogP) is 0.0528. The number of carbonyl (C=O) groups is 2. The van der Waals surface area contributed by atoms with Crippen LogP contribution >= 0.6 is 0 Å². The van der Waals surface area contributed by atoms with E-state index in [-0.39, 0.29) is 19.6 Å². The minimum absolute atomic E-state index is 0.0236. The zero-order valence-corrected chi connectivity index (χ0v) is 8.55. The van der Waals surface area contributed by atoms with Crippen LogP contribution in [0.25, 0.3) is 0 Å². The second-order valence-electron chi connectivity index (χ2n) is 3.44. The van der Waals surface area contributed by atoms with Crippen molar-refractivity contribution in [1.29, 1.82) is 0 Å². The number of carboxylic acids is 1. The van der Waals surface area contributed by atoms with Crippen LogP contribution in [-0.4, -0.2) is 52.5 Å². The highest BCUT2D eigenvalue weighted by atomic mass is 16.6. The van der Waals surface area contributed by atoms with Gasteiger partial charge in [0.25, 0.3) is 0 Å². The number of carbonyl (C=O) groups excluding carboxylic acids is 1. The Bertz CT molecular complexity index is 255. The number of rotatable bonds is 2. The van der Waals surface area contributed by atoms with E-state index in [1.807, 2.05) is 0 Å². The molecule has 0 unspecified atom stereocenters. The van der Waals surface area contributed by atoms with Crippen LogP contribution in [0.1, 0.15) is 19.8 Å². The molecule has 0 aromatic carbocycles. The maximum Gasteiger partial charge on any atom is 0.410 e. The molecule has 0 radical (unpaired) electrons. The molecule has 0 spiro atoms. The maximum absolute atomic E-state index is 11.4. The number of piperidine rings is 1. The third-order valence-electron chi connectivity index (χ3n) is 2.34. The van der Waals surface area contributed by atoms with E-state index in [0.29, 0.717) is 6.42 Å². The van der Waals surface area contributed by atoms with E-state index in [1.54, 1.807) is 6.92 Å². The highest BCUT2D eigenvalue weighted by Gasteiger charge is 2.36. The molecule has 0 aromatic heterocycles. The third kappa shape index (κ3) is 2.82. The Labute approximate surface area is 87.4 Å². The lowest BCUT2D eigenvalue weighted by molar-refractivity contribution is -0.145. The molecule has 1 fully saturated rings. The summed E-state index contributed by atoms with van der Waals surface area (Å²) in [6.07, 6.45) is -0.684. The number of nitrogens with zero attached hydrogens (tertiary/aromatic N) is 1. The second kappa shape index (κ2) is 4.97. The van der Waals surface area contributed by atoms with E-state index in [9.17, 15) is 14.7 Å². The van der Waals surface area contributed by atoms with Crippen molar-refractivity contribution in [2.75, 3.05) is 13.2 Å². The van der Waals surface area contributed by atoms with Crippen LogP contribution < -0.4 is 0 Å². The summed E-state index contributed by atoms with van der Waals surface area (Å²) in [6, 6.07) is -0.882. The Morgan fingerprint density at radius 3 is 2.67 bits per heavy atom. The summed E-state index contributed by atoms with van der Waals surface area (Å²) in [5.74, 6) is -1.06. The van der Waals surface area contributed by atoms with Crippen molar-refractivity contribution in [1.82, 2.24) is 4.90 Å². The molecule has 1 heterocycles. The van der Waals surface area contributed by atoms with Crippen molar-refractivity contribution in [3.05, 3.63) is 0 Å². The molecule has 0 aromatic rings. The minimum atomic E-state index is -1.06. The number of aliphatic hydroxyl groups excluding tert-OH is 1. The second-order valence-corrected chi connectivity index (χ2v) is 3.44. The summed E-state index contributed by atoms with van der Waals surface area (Å²) in [4.78, 5) is 23.3. The fraction of sp³-hybridized carbons (Fsp3) is 0.778. The van der Waals surface area contributed by atoms with Crippen LogP contribution in [-0.2, 0) is 9.53 Å². The van der Waals surface area contributed by atoms with Gasteiger partial charge >= 0.3 is 12.1 Å².